The van der Waals surface area contributed by atoms with Crippen LogP contribution in [0.15, 0.2) is 60.7 Å². The molecule has 15 N–H and O–H groups in total. The maximum atomic E-state index is 14.2. The van der Waals surface area contributed by atoms with Gasteiger partial charge in [-0.1, -0.05) is 60.7 Å². The summed E-state index contributed by atoms with van der Waals surface area (Å²) in [5.74, 6) is -14.0. The van der Waals surface area contributed by atoms with Crippen LogP contribution in [0.3, 0.4) is 0 Å². The molecule has 30 nitrogen and oxygen atoms in total. The van der Waals surface area contributed by atoms with E-state index in [2.05, 4.69) is 37.2 Å². The van der Waals surface area contributed by atoms with E-state index in [9.17, 15) is 93.3 Å². The van der Waals surface area contributed by atoms with E-state index in [4.69, 9.17) is 17.3 Å². The summed E-state index contributed by atoms with van der Waals surface area (Å²) in [6.45, 7) is -3.51. The molecule has 0 aliphatic carbocycles. The monoisotopic (exact) mass is 1160 g/mol. The summed E-state index contributed by atoms with van der Waals surface area (Å²) in [6.07, 6.45) is -1.53. The first-order chi connectivity index (χ1) is 38.3. The Labute approximate surface area is 469 Å². The molecule has 4 amide bonds. The van der Waals surface area contributed by atoms with Crippen molar-refractivity contribution in [2.45, 2.75) is 81.6 Å². The van der Waals surface area contributed by atoms with Crippen molar-refractivity contribution >= 4 is 88.7 Å². The van der Waals surface area contributed by atoms with Gasteiger partial charge in [-0.3, -0.25) is 57.9 Å². The van der Waals surface area contributed by atoms with E-state index in [0.717, 1.165) is 9.80 Å². The highest BCUT2D eigenvalue weighted by molar-refractivity contribution is 7.80. The van der Waals surface area contributed by atoms with Crippen molar-refractivity contribution in [1.29, 1.82) is 0 Å². The molecule has 0 aliphatic rings. The van der Waals surface area contributed by atoms with E-state index in [0.29, 0.717) is 11.1 Å². The number of hydrogen-bond acceptors (Lipinski definition) is 17. The van der Waals surface area contributed by atoms with Crippen LogP contribution in [0.1, 0.15) is 49.7 Å². The molecule has 31 heteroatoms. The van der Waals surface area contributed by atoms with E-state index in [1.165, 1.54) is 4.90 Å². The second kappa shape index (κ2) is 37.5. The van der Waals surface area contributed by atoms with Crippen molar-refractivity contribution in [2.24, 2.45) is 0 Å². The minimum Gasteiger partial charge on any atom is -0.481 e. The molecule has 0 fully saturated rings. The number of carboxylic acids is 8. The Kier molecular flexibility index (Phi) is 31.8. The third-order valence-electron chi connectivity index (χ3n) is 11.7. The number of amides is 4. The van der Waals surface area contributed by atoms with Crippen molar-refractivity contribution in [3.05, 3.63) is 71.8 Å². The van der Waals surface area contributed by atoms with E-state index in [-0.39, 0.29) is 95.9 Å². The summed E-state index contributed by atoms with van der Waals surface area (Å²) < 4.78 is 0. The second-order valence-electron chi connectivity index (χ2n) is 18.3. The van der Waals surface area contributed by atoms with Gasteiger partial charge in [0.1, 0.15) is 30.2 Å². The van der Waals surface area contributed by atoms with Crippen LogP contribution in [0, 0.1) is 0 Å². The van der Waals surface area contributed by atoms with Crippen LogP contribution in [-0.4, -0.2) is 241 Å². The molecular weight excluding hydrogens is 1090 g/mol. The lowest BCUT2D eigenvalue weighted by molar-refractivity contribution is -0.143. The quantitative estimate of drug-likeness (QED) is 0.0229. The van der Waals surface area contributed by atoms with Gasteiger partial charge in [0.05, 0.1) is 32.7 Å². The van der Waals surface area contributed by atoms with Crippen LogP contribution in [0.4, 0.5) is 0 Å². The van der Waals surface area contributed by atoms with Crippen LogP contribution in [0.5, 0.6) is 0 Å². The fourth-order valence-electron chi connectivity index (χ4n) is 7.74. The maximum Gasteiger partial charge on any atom is 0.326 e. The predicted molar refractivity (Wildman–Crippen MR) is 287 cm³/mol. The number of carbonyl (C=O) groups is 12. The second-order valence-corrected chi connectivity index (χ2v) is 18.8. The summed E-state index contributed by atoms with van der Waals surface area (Å²) >= 11 is 5.03. The SMILES string of the molecule is O=C(O)CC[C@H](NC(=S)N[C@@H](CCCNCCNC(=O)CC[C@@H](NC(=O)C(Cc1ccccc1)NC(=O)C(Cc1ccccc1)NC(=O)CN(CCN(CCN(CC(=O)O)CC(=O)O)CC(=O)O)CC(=O)O)C(=O)O)C(=O)O)C(=O)O. The molecule has 0 heterocycles. The number of aliphatic carboxylic acids is 8. The van der Waals surface area contributed by atoms with E-state index in [1.807, 2.05) is 0 Å². The summed E-state index contributed by atoms with van der Waals surface area (Å²) in [6, 6.07) is 9.56. The molecule has 2 aromatic carbocycles. The highest BCUT2D eigenvalue weighted by Crippen LogP contribution is 2.10. The number of benzene rings is 2. The zero-order chi connectivity index (χ0) is 60.4. The zero-order valence-corrected chi connectivity index (χ0v) is 44.8. The van der Waals surface area contributed by atoms with Gasteiger partial charge in [-0.05, 0) is 55.6 Å². The number of carboxylic acid groups (broad SMARTS) is 8. The van der Waals surface area contributed by atoms with Crippen molar-refractivity contribution in [3.63, 3.8) is 0 Å². The molecule has 2 aromatic rings. The minimum absolute atomic E-state index is 0.0327. The fourth-order valence-corrected chi connectivity index (χ4v) is 8.03. The van der Waals surface area contributed by atoms with Crippen LogP contribution in [0.25, 0.3) is 0 Å². The average Bonchev–Trinajstić information content (AvgIpc) is 3.38. The molecule has 2 unspecified atom stereocenters. The normalized spacial score (nSPS) is 12.9. The summed E-state index contributed by atoms with van der Waals surface area (Å²) in [4.78, 5) is 151. The highest BCUT2D eigenvalue weighted by atomic mass is 32.1. The lowest BCUT2D eigenvalue weighted by atomic mass is 10.0. The number of carbonyl (C=O) groups excluding carboxylic acids is 4. The lowest BCUT2D eigenvalue weighted by Crippen LogP contribution is -2.57. The Morgan fingerprint density at radius 3 is 1.26 bits per heavy atom. The fraction of sp³-hybridized carbons (Fsp3) is 0.500. The topological polar surface area (TPSA) is 461 Å². The van der Waals surface area contributed by atoms with Gasteiger partial charge in [0.25, 0.3) is 0 Å². The molecule has 0 bridgehead atoms. The molecular formula is C50H70N10O20S. The van der Waals surface area contributed by atoms with Gasteiger partial charge in [0.15, 0.2) is 5.11 Å². The molecule has 5 atom stereocenters. The van der Waals surface area contributed by atoms with Gasteiger partial charge in [0, 0.05) is 65.0 Å². The van der Waals surface area contributed by atoms with Crippen LogP contribution >= 0.6 is 12.2 Å². The van der Waals surface area contributed by atoms with Crippen molar-refractivity contribution in [1.82, 2.24) is 51.9 Å². The van der Waals surface area contributed by atoms with Crippen LogP contribution in [-0.2, 0) is 70.4 Å². The number of hydrogen-bond donors (Lipinski definition) is 15. The van der Waals surface area contributed by atoms with Gasteiger partial charge in [-0.15, -0.1) is 0 Å². The van der Waals surface area contributed by atoms with Crippen LogP contribution < -0.4 is 37.2 Å². The Bertz CT molecular complexity index is 2440. The molecule has 2 rings (SSSR count). The average molecular weight is 1160 g/mol. The van der Waals surface area contributed by atoms with E-state index >= 15 is 0 Å². The number of nitrogens with one attached hydrogen (secondary N) is 7. The van der Waals surface area contributed by atoms with E-state index in [1.54, 1.807) is 60.7 Å². The number of thiocarbonyl (C=S) groups is 1. The molecule has 81 heavy (non-hydrogen) atoms. The Hall–Kier alpha value is -8.39. The zero-order valence-electron chi connectivity index (χ0n) is 44.0. The Morgan fingerprint density at radius 1 is 0.407 bits per heavy atom. The summed E-state index contributed by atoms with van der Waals surface area (Å²) in [7, 11) is 0. The Morgan fingerprint density at radius 2 is 0.802 bits per heavy atom. The summed E-state index contributed by atoms with van der Waals surface area (Å²) in [5, 5.41) is 93.3. The first-order valence-electron chi connectivity index (χ1n) is 25.3. The van der Waals surface area contributed by atoms with Gasteiger partial charge in [0.2, 0.25) is 23.6 Å². The molecule has 0 saturated carbocycles. The van der Waals surface area contributed by atoms with Gasteiger partial charge in [-0.2, -0.15) is 0 Å². The highest BCUT2D eigenvalue weighted by Gasteiger charge is 2.31. The predicted octanol–water partition coefficient (Wildman–Crippen LogP) is -3.24. The minimum atomic E-state index is -1.63. The lowest BCUT2D eigenvalue weighted by Gasteiger charge is -2.28. The largest absolute Gasteiger partial charge is 0.481 e. The first kappa shape index (κ1) is 68.7. The number of rotatable bonds is 43. The van der Waals surface area contributed by atoms with Crippen molar-refractivity contribution in [2.75, 3.05) is 78.5 Å². The number of nitrogens with zero attached hydrogens (tertiary/aromatic N) is 3. The molecule has 446 valence electrons. The van der Waals surface area contributed by atoms with Gasteiger partial charge >= 0.3 is 47.8 Å². The molecule has 0 spiro atoms. The van der Waals surface area contributed by atoms with Gasteiger partial charge < -0.3 is 78.1 Å². The molecule has 0 radical (unpaired) electrons. The summed E-state index contributed by atoms with van der Waals surface area (Å²) in [5.41, 5.74) is 1.09. The first-order valence-corrected chi connectivity index (χ1v) is 25.7. The molecule has 0 saturated heterocycles. The smallest absolute Gasteiger partial charge is 0.326 e. The van der Waals surface area contributed by atoms with Gasteiger partial charge in [-0.25, -0.2) is 14.4 Å². The maximum absolute atomic E-state index is 14.2. The van der Waals surface area contributed by atoms with Crippen LogP contribution in [0.2, 0.25) is 0 Å². The third-order valence-corrected chi connectivity index (χ3v) is 12.0. The molecule has 0 aliphatic heterocycles. The van der Waals surface area contributed by atoms with Crippen molar-refractivity contribution < 1.29 is 98.4 Å². The third kappa shape index (κ3) is 31.1. The standard InChI is InChI=1S/C50H70N10O20S/c61-38(52-19-18-51-17-7-12-33(47(75)76)56-50(81)57-35(49(79)80)14-16-40(63)64)15-13-34(48(77)78)54-46(74)37(25-32-10-5-2-6-11-32)55-45(73)36(24-31-8-3-1-4-9-31)53-39(62)26-59(28-42(67)68)22-20-58(27-41(65)66)21-23-60(29-43(69)70)30-44(71)72/h1-6,8-11,33-37,51H,7,12-30H2,(H,52,61)(H,53,62)(H,54,74)(H,55,73)(H,63,64)(H,65,66)(H,67,68)(H,69,70)(H,71,72)(H,75,76)(H,77,78)(H,79,80)(H2,56,57,81)/t33-,34+,35-,36?,37?/m0/s1. The van der Waals surface area contributed by atoms with E-state index < -0.39 is 141 Å². The molecule has 0 aromatic heterocycles. The van der Waals surface area contributed by atoms with Crippen molar-refractivity contribution in [3.8, 4) is 0 Å². The Balaban J connectivity index is 2.12.